The van der Waals surface area contributed by atoms with Gasteiger partial charge in [-0.2, -0.15) is 0 Å². The van der Waals surface area contributed by atoms with E-state index in [0.29, 0.717) is 48.3 Å². The zero-order valence-electron chi connectivity index (χ0n) is 31.8. The lowest BCUT2D eigenvalue weighted by Gasteiger charge is -2.37. The Balaban J connectivity index is 0.974. The minimum atomic E-state index is -1.26. The van der Waals surface area contributed by atoms with Gasteiger partial charge in [-0.25, -0.2) is 9.69 Å². The Labute approximate surface area is 340 Å². The predicted octanol–water partition coefficient (Wildman–Crippen LogP) is 7.98. The molecule has 0 spiro atoms. The van der Waals surface area contributed by atoms with Crippen molar-refractivity contribution >= 4 is 57.3 Å². The average Bonchev–Trinajstić information content (AvgIpc) is 3.80. The van der Waals surface area contributed by atoms with E-state index in [0.717, 1.165) is 50.8 Å². The number of phenols is 1. The third kappa shape index (κ3) is 6.64. The molecule has 0 radical (unpaired) electrons. The van der Waals surface area contributed by atoms with Crippen molar-refractivity contribution in [1.29, 1.82) is 0 Å². The van der Waals surface area contributed by atoms with Crippen LogP contribution in [0.4, 0.5) is 21.9 Å². The van der Waals surface area contributed by atoms with Gasteiger partial charge in [0.15, 0.2) is 12.5 Å². The fraction of sp³-hybridized carbons (Fsp3) is 0.311. The fourth-order valence-corrected chi connectivity index (χ4v) is 9.19. The third-order valence-corrected chi connectivity index (χ3v) is 12.0. The van der Waals surface area contributed by atoms with Gasteiger partial charge in [-0.05, 0) is 71.7 Å². The molecule has 2 N–H and O–H groups in total. The van der Waals surface area contributed by atoms with Gasteiger partial charge in [-0.3, -0.25) is 14.5 Å². The van der Waals surface area contributed by atoms with Gasteiger partial charge in [-0.15, -0.1) is 11.6 Å². The van der Waals surface area contributed by atoms with Gasteiger partial charge < -0.3 is 34.1 Å². The fourth-order valence-electron chi connectivity index (χ4n) is 8.94. The van der Waals surface area contributed by atoms with E-state index < -0.39 is 24.7 Å². The average molecular weight is 804 g/mol. The summed E-state index contributed by atoms with van der Waals surface area (Å²) in [6.45, 7) is 1.10. The molecule has 0 bridgehead atoms. The number of benzene rings is 5. The highest BCUT2D eigenvalue weighted by Gasteiger charge is 2.50. The number of aromatic hydroxyl groups is 1. The van der Waals surface area contributed by atoms with E-state index in [1.807, 2.05) is 66.7 Å². The number of hydrogen-bond acceptors (Lipinski definition) is 8. The van der Waals surface area contributed by atoms with Crippen LogP contribution in [0.1, 0.15) is 57.8 Å². The maximum absolute atomic E-state index is 14.5. The molecule has 3 amide bonds. The number of hydrogen-bond donors (Lipinski definition) is 2. The standard InChI is InChI=1S/C45H42ClN3O9/c1-55-29-15-16-35-33(20-29)43(52)48-34-12-7-13-39(32(34)21-37(48)44(49(35)45(53)54)58-41-14-4-5-17-56-41)57-25-27-9-6-8-26(18-27)19-40(51)47-24-28(23-46)42-31-11-3-2-10-30(31)38(50)22-36(42)47/h2-3,6-13,15-16,18,20,22,28,37,41,44,50H,4-5,14,17,19,21,23-25H2,1H3,(H,53,54)/t28-,37?,41?,44?/m1/s1. The highest BCUT2D eigenvalue weighted by molar-refractivity contribution is 6.19. The predicted molar refractivity (Wildman–Crippen MR) is 219 cm³/mol. The van der Waals surface area contributed by atoms with E-state index in [2.05, 4.69) is 0 Å². The lowest BCUT2D eigenvalue weighted by Crippen LogP contribution is -2.55. The molecule has 58 heavy (non-hydrogen) atoms. The van der Waals surface area contributed by atoms with E-state index in [1.165, 1.54) is 7.11 Å². The Morgan fingerprint density at radius 2 is 1.72 bits per heavy atom. The zero-order chi connectivity index (χ0) is 40.1. The number of fused-ring (bicyclic) bond motifs is 7. The van der Waals surface area contributed by atoms with Crippen molar-refractivity contribution in [2.24, 2.45) is 0 Å². The lowest BCUT2D eigenvalue weighted by molar-refractivity contribution is -0.190. The first-order valence-electron chi connectivity index (χ1n) is 19.5. The monoisotopic (exact) mass is 803 g/mol. The van der Waals surface area contributed by atoms with Crippen molar-refractivity contribution in [2.75, 3.05) is 40.8 Å². The lowest BCUT2D eigenvalue weighted by atomic mass is 9.95. The van der Waals surface area contributed by atoms with Gasteiger partial charge in [0.05, 0.1) is 42.2 Å². The summed E-state index contributed by atoms with van der Waals surface area (Å²) in [6, 6.07) is 26.5. The van der Waals surface area contributed by atoms with Crippen LogP contribution >= 0.6 is 11.6 Å². The van der Waals surface area contributed by atoms with Gasteiger partial charge >= 0.3 is 6.09 Å². The van der Waals surface area contributed by atoms with Crippen LogP contribution in [0.3, 0.4) is 0 Å². The van der Waals surface area contributed by atoms with Gasteiger partial charge in [0.25, 0.3) is 5.91 Å². The van der Waals surface area contributed by atoms with Crippen LogP contribution in [0.2, 0.25) is 0 Å². The number of halogens is 1. The quantitative estimate of drug-likeness (QED) is 0.142. The van der Waals surface area contributed by atoms with E-state index in [4.69, 9.17) is 30.5 Å². The van der Waals surface area contributed by atoms with Crippen molar-refractivity contribution < 1.29 is 43.5 Å². The Kier molecular flexibility index (Phi) is 10.1. The Morgan fingerprint density at radius 3 is 2.50 bits per heavy atom. The Morgan fingerprint density at radius 1 is 0.914 bits per heavy atom. The van der Waals surface area contributed by atoms with E-state index in [1.54, 1.807) is 34.1 Å². The molecule has 3 unspecified atom stereocenters. The van der Waals surface area contributed by atoms with Gasteiger partial charge in [0.1, 0.15) is 23.9 Å². The van der Waals surface area contributed by atoms with Crippen molar-refractivity contribution in [1.82, 2.24) is 0 Å². The Bertz CT molecular complexity index is 2430. The second-order valence-corrected chi connectivity index (χ2v) is 15.4. The molecule has 1 saturated heterocycles. The third-order valence-electron chi connectivity index (χ3n) is 11.6. The summed E-state index contributed by atoms with van der Waals surface area (Å²) < 4.78 is 24.3. The van der Waals surface area contributed by atoms with Crippen molar-refractivity contribution in [3.05, 3.63) is 119 Å². The molecular formula is C45H42ClN3O9. The second kappa shape index (κ2) is 15.5. The molecule has 13 heteroatoms. The van der Waals surface area contributed by atoms with Crippen molar-refractivity contribution in [3.8, 4) is 17.2 Å². The van der Waals surface area contributed by atoms with E-state index in [9.17, 15) is 24.6 Å². The maximum Gasteiger partial charge on any atom is 0.414 e. The number of ether oxygens (including phenoxy) is 4. The van der Waals surface area contributed by atoms with Crippen LogP contribution in [0.25, 0.3) is 10.8 Å². The first-order chi connectivity index (χ1) is 28.2. The highest BCUT2D eigenvalue weighted by Crippen LogP contribution is 2.47. The smallest absolute Gasteiger partial charge is 0.414 e. The molecule has 4 aliphatic rings. The number of alkyl halides is 1. The summed E-state index contributed by atoms with van der Waals surface area (Å²) in [6.07, 6.45) is -0.207. The van der Waals surface area contributed by atoms with Gasteiger partial charge in [-0.1, -0.05) is 54.6 Å². The molecule has 298 valence electrons. The minimum absolute atomic E-state index is 0.0644. The molecule has 4 heterocycles. The summed E-state index contributed by atoms with van der Waals surface area (Å²) in [7, 11) is 1.49. The molecule has 1 fully saturated rings. The number of carbonyl (C=O) groups is 3. The molecule has 12 nitrogen and oxygen atoms in total. The molecule has 0 aliphatic carbocycles. The number of carboxylic acid groups (broad SMARTS) is 1. The molecule has 0 aromatic heterocycles. The number of amides is 3. The second-order valence-electron chi connectivity index (χ2n) is 15.1. The summed E-state index contributed by atoms with van der Waals surface area (Å²) in [5.41, 5.74) is 5.03. The summed E-state index contributed by atoms with van der Waals surface area (Å²) >= 11 is 6.42. The number of phenolic OH excluding ortho intramolecular Hbond substituents is 1. The SMILES string of the molecule is COc1ccc2c(c1)C(=O)N1c3cccc(OCc4cccc(CC(=O)N5C[C@@H](CCl)c6c5cc(O)c5ccccc65)c4)c3CC1C(OC1CCCCO1)N2C(=O)O. The number of carbonyl (C=O) groups excluding carboxylic acids is 2. The van der Waals surface area contributed by atoms with Crippen LogP contribution in [-0.2, 0) is 33.7 Å². The Hall–Kier alpha value is -5.82. The number of rotatable bonds is 9. The summed E-state index contributed by atoms with van der Waals surface area (Å²) in [5, 5.41) is 23.1. The number of nitrogens with zero attached hydrogens (tertiary/aromatic N) is 3. The van der Waals surface area contributed by atoms with Crippen LogP contribution < -0.4 is 24.2 Å². The zero-order valence-corrected chi connectivity index (χ0v) is 32.6. The maximum atomic E-state index is 14.5. The molecular weight excluding hydrogens is 762 g/mol. The van der Waals surface area contributed by atoms with Crippen LogP contribution in [0.15, 0.2) is 91.0 Å². The normalized spacial score (nSPS) is 20.9. The molecule has 5 aromatic rings. The van der Waals surface area contributed by atoms with Gasteiger partial charge in [0.2, 0.25) is 5.91 Å². The first-order valence-corrected chi connectivity index (χ1v) is 20.0. The van der Waals surface area contributed by atoms with Crippen molar-refractivity contribution in [2.45, 2.75) is 63.2 Å². The number of anilines is 3. The molecule has 4 atom stereocenters. The van der Waals surface area contributed by atoms with Crippen LogP contribution in [-0.4, -0.2) is 72.8 Å². The summed E-state index contributed by atoms with van der Waals surface area (Å²) in [4.78, 5) is 45.9. The largest absolute Gasteiger partial charge is 0.507 e. The molecule has 0 saturated carbocycles. The summed E-state index contributed by atoms with van der Waals surface area (Å²) in [5.74, 6) is 0.882. The molecule has 5 aromatic carbocycles. The van der Waals surface area contributed by atoms with E-state index >= 15 is 0 Å². The topological polar surface area (TPSA) is 138 Å². The molecule has 9 rings (SSSR count). The van der Waals surface area contributed by atoms with Crippen LogP contribution in [0, 0.1) is 0 Å². The minimum Gasteiger partial charge on any atom is -0.507 e. The first kappa shape index (κ1) is 37.7. The molecule has 4 aliphatic heterocycles. The number of methoxy groups -OCH3 is 1. The van der Waals surface area contributed by atoms with Crippen molar-refractivity contribution in [3.63, 3.8) is 0 Å². The van der Waals surface area contributed by atoms with E-state index in [-0.39, 0.29) is 54.2 Å². The van der Waals surface area contributed by atoms with Gasteiger partial charge in [0, 0.05) is 48.4 Å². The van der Waals surface area contributed by atoms with Crippen LogP contribution in [0.5, 0.6) is 17.2 Å². The highest BCUT2D eigenvalue weighted by atomic mass is 35.5.